The number of imidazole rings is 1. The van der Waals surface area contributed by atoms with Gasteiger partial charge in [-0.05, 0) is 33.8 Å². The monoisotopic (exact) mass is 511 g/mol. The molecule has 0 radical (unpaired) electrons. The number of fused-ring (bicyclic) bond motifs is 1. The van der Waals surface area contributed by atoms with Gasteiger partial charge in [0.25, 0.3) is 5.91 Å². The second-order valence-electron chi connectivity index (χ2n) is 8.92. The predicted molar refractivity (Wildman–Crippen MR) is 136 cm³/mol. The summed E-state index contributed by atoms with van der Waals surface area (Å²) in [7, 11) is 0. The number of nitrogen functional groups attached to an aromatic ring is 1. The second-order valence-corrected chi connectivity index (χ2v) is 9.32. The van der Waals surface area contributed by atoms with Crippen molar-refractivity contribution in [3.05, 3.63) is 87.8 Å². The van der Waals surface area contributed by atoms with Crippen LogP contribution in [0.1, 0.15) is 53.8 Å². The summed E-state index contributed by atoms with van der Waals surface area (Å²) in [6.07, 6.45) is 3.06. The molecule has 0 spiro atoms. The van der Waals surface area contributed by atoms with E-state index in [9.17, 15) is 9.90 Å². The molecule has 0 aliphatic heterocycles. The van der Waals surface area contributed by atoms with Crippen LogP contribution in [0.3, 0.4) is 0 Å². The molecule has 4 aromatic rings. The van der Waals surface area contributed by atoms with Crippen LogP contribution < -0.4 is 15.8 Å². The number of ether oxygens (including phenoxy) is 1. The summed E-state index contributed by atoms with van der Waals surface area (Å²) >= 11 is 6.24. The predicted octanol–water partition coefficient (Wildman–Crippen LogP) is 4.39. The van der Waals surface area contributed by atoms with Crippen LogP contribution in [0.4, 0.5) is 10.2 Å². The SMILES string of the molecule is Cc1nc(Cc2cc(Cl)c(F)c(C(=O)N[C@](C)(O)c3ccccc3)c2OC(C)C)n2ccnc(N)c12. The van der Waals surface area contributed by atoms with Crippen molar-refractivity contribution in [2.24, 2.45) is 0 Å². The first-order chi connectivity index (χ1) is 17.0. The van der Waals surface area contributed by atoms with E-state index < -0.39 is 23.0 Å². The smallest absolute Gasteiger partial charge is 0.260 e. The van der Waals surface area contributed by atoms with Gasteiger partial charge in [-0.1, -0.05) is 41.9 Å². The van der Waals surface area contributed by atoms with Gasteiger partial charge in [-0.3, -0.25) is 9.20 Å². The zero-order valence-corrected chi connectivity index (χ0v) is 21.1. The molecule has 4 rings (SSSR count). The second kappa shape index (κ2) is 9.75. The molecule has 0 saturated carbocycles. The summed E-state index contributed by atoms with van der Waals surface area (Å²) in [5, 5.41) is 13.2. The number of nitrogens with zero attached hydrogens (tertiary/aromatic N) is 3. The van der Waals surface area contributed by atoms with Crippen LogP contribution in [0.5, 0.6) is 5.75 Å². The number of anilines is 1. The van der Waals surface area contributed by atoms with E-state index in [2.05, 4.69) is 15.3 Å². The molecule has 36 heavy (non-hydrogen) atoms. The van der Waals surface area contributed by atoms with Gasteiger partial charge in [0.05, 0.1) is 16.8 Å². The zero-order chi connectivity index (χ0) is 26.2. The van der Waals surface area contributed by atoms with Crippen molar-refractivity contribution in [2.45, 2.75) is 45.9 Å². The third-order valence-corrected chi connectivity index (χ3v) is 5.98. The fourth-order valence-corrected chi connectivity index (χ4v) is 4.32. The summed E-state index contributed by atoms with van der Waals surface area (Å²) in [5.41, 5.74) is 6.06. The number of nitrogens with one attached hydrogen (secondary N) is 1. The van der Waals surface area contributed by atoms with E-state index in [1.165, 1.54) is 13.0 Å². The van der Waals surface area contributed by atoms with Gasteiger partial charge < -0.3 is 20.9 Å². The van der Waals surface area contributed by atoms with Gasteiger partial charge in [-0.2, -0.15) is 0 Å². The summed E-state index contributed by atoms with van der Waals surface area (Å²) in [6, 6.07) is 9.95. The number of aliphatic hydroxyl groups is 1. The average Bonchev–Trinajstić information content (AvgIpc) is 3.13. The van der Waals surface area contributed by atoms with E-state index in [1.807, 2.05) is 6.92 Å². The van der Waals surface area contributed by atoms with E-state index in [1.54, 1.807) is 61.0 Å². The van der Waals surface area contributed by atoms with Crippen LogP contribution in [-0.2, 0) is 12.1 Å². The molecule has 2 aromatic heterocycles. The minimum Gasteiger partial charge on any atom is -0.490 e. The van der Waals surface area contributed by atoms with E-state index in [0.29, 0.717) is 34.0 Å². The van der Waals surface area contributed by atoms with E-state index >= 15 is 4.39 Å². The molecular formula is C26H27ClFN5O3. The van der Waals surface area contributed by atoms with Crippen molar-refractivity contribution in [1.82, 2.24) is 19.7 Å². The summed E-state index contributed by atoms with van der Waals surface area (Å²) in [4.78, 5) is 22.1. The maximum absolute atomic E-state index is 15.4. The number of hydrogen-bond acceptors (Lipinski definition) is 6. The number of benzene rings is 2. The number of aryl methyl sites for hydroxylation is 1. The number of carbonyl (C=O) groups is 1. The molecule has 2 heterocycles. The number of amides is 1. The lowest BCUT2D eigenvalue weighted by molar-refractivity contribution is 0.0193. The highest BCUT2D eigenvalue weighted by Gasteiger charge is 2.31. The highest BCUT2D eigenvalue weighted by molar-refractivity contribution is 6.31. The largest absolute Gasteiger partial charge is 0.490 e. The van der Waals surface area contributed by atoms with E-state index in [0.717, 1.165) is 0 Å². The molecule has 2 aromatic carbocycles. The number of carbonyl (C=O) groups excluding carboxylic acids is 1. The Kier molecular flexibility index (Phi) is 6.88. The van der Waals surface area contributed by atoms with Gasteiger partial charge in [0.1, 0.15) is 28.5 Å². The molecule has 1 amide bonds. The Bertz CT molecular complexity index is 1440. The maximum atomic E-state index is 15.4. The number of aromatic nitrogens is 3. The van der Waals surface area contributed by atoms with Crippen molar-refractivity contribution in [3.8, 4) is 5.75 Å². The third kappa shape index (κ3) is 4.84. The molecule has 0 saturated heterocycles. The number of halogens is 2. The number of nitrogens with two attached hydrogens (primary N) is 1. The normalized spacial score (nSPS) is 13.1. The molecule has 10 heteroatoms. The number of rotatable bonds is 7. The van der Waals surface area contributed by atoms with Crippen molar-refractivity contribution < 1.29 is 19.0 Å². The van der Waals surface area contributed by atoms with Gasteiger partial charge in [-0.15, -0.1) is 0 Å². The Labute approximate surface area is 212 Å². The molecule has 0 fully saturated rings. The summed E-state index contributed by atoms with van der Waals surface area (Å²) in [5.74, 6) is -0.902. The van der Waals surface area contributed by atoms with Crippen LogP contribution in [0.2, 0.25) is 5.02 Å². The van der Waals surface area contributed by atoms with Crippen LogP contribution in [-0.4, -0.2) is 31.5 Å². The van der Waals surface area contributed by atoms with Gasteiger partial charge in [-0.25, -0.2) is 14.4 Å². The van der Waals surface area contributed by atoms with Crippen molar-refractivity contribution in [1.29, 1.82) is 0 Å². The van der Waals surface area contributed by atoms with E-state index in [-0.39, 0.29) is 23.3 Å². The molecule has 8 nitrogen and oxygen atoms in total. The first-order valence-corrected chi connectivity index (χ1v) is 11.7. The molecule has 188 valence electrons. The Balaban J connectivity index is 1.81. The fourth-order valence-electron chi connectivity index (χ4n) is 4.09. The minimum absolute atomic E-state index is 0.0182. The van der Waals surface area contributed by atoms with Crippen molar-refractivity contribution in [2.75, 3.05) is 5.73 Å². The standard InChI is InChI=1S/C26H27ClFN5O3/c1-14(2)36-23-16(13-19-31-15(3)22-24(29)30-10-11-33(19)22)12-18(27)21(28)20(23)25(34)32-26(4,35)17-8-6-5-7-9-17/h5-12,14,35H,13H2,1-4H3,(H2,29,30)(H,32,34)/t26-/m1/s1. The third-order valence-electron chi connectivity index (χ3n) is 5.70. The van der Waals surface area contributed by atoms with Crippen molar-refractivity contribution in [3.63, 3.8) is 0 Å². The molecule has 1 atom stereocenters. The van der Waals surface area contributed by atoms with Gasteiger partial charge in [0.15, 0.2) is 11.5 Å². The Morgan fingerprint density at radius 1 is 1.33 bits per heavy atom. The average molecular weight is 512 g/mol. The molecule has 0 unspecified atom stereocenters. The first kappa shape index (κ1) is 25.4. The zero-order valence-electron chi connectivity index (χ0n) is 20.3. The topological polar surface area (TPSA) is 115 Å². The lowest BCUT2D eigenvalue weighted by atomic mass is 10.0. The van der Waals surface area contributed by atoms with Crippen LogP contribution in [0, 0.1) is 12.7 Å². The van der Waals surface area contributed by atoms with Gasteiger partial charge in [0.2, 0.25) is 0 Å². The molecule has 0 aliphatic rings. The van der Waals surface area contributed by atoms with E-state index in [4.69, 9.17) is 22.1 Å². The summed E-state index contributed by atoms with van der Waals surface area (Å²) in [6.45, 7) is 6.74. The molecular weight excluding hydrogens is 485 g/mol. The Morgan fingerprint density at radius 3 is 2.69 bits per heavy atom. The van der Waals surface area contributed by atoms with Crippen LogP contribution >= 0.6 is 11.6 Å². The highest BCUT2D eigenvalue weighted by Crippen LogP contribution is 2.35. The maximum Gasteiger partial charge on any atom is 0.260 e. The first-order valence-electron chi connectivity index (χ1n) is 11.4. The fraction of sp³-hybridized carbons (Fsp3) is 0.269. The molecule has 0 aliphatic carbocycles. The lowest BCUT2D eigenvalue weighted by Gasteiger charge is -2.27. The molecule has 4 N–H and O–H groups in total. The molecule has 0 bridgehead atoms. The quantitative estimate of drug-likeness (QED) is 0.317. The lowest BCUT2D eigenvalue weighted by Crippen LogP contribution is -2.43. The highest BCUT2D eigenvalue weighted by atomic mass is 35.5. The van der Waals surface area contributed by atoms with Crippen LogP contribution in [0.15, 0.2) is 48.8 Å². The minimum atomic E-state index is -1.77. The van der Waals surface area contributed by atoms with Crippen molar-refractivity contribution >= 4 is 28.8 Å². The number of hydrogen-bond donors (Lipinski definition) is 3. The summed E-state index contributed by atoms with van der Waals surface area (Å²) < 4.78 is 23.1. The van der Waals surface area contributed by atoms with Gasteiger partial charge in [0, 0.05) is 29.9 Å². The Hall–Kier alpha value is -3.69. The van der Waals surface area contributed by atoms with Crippen LogP contribution in [0.25, 0.3) is 5.52 Å². The Morgan fingerprint density at radius 2 is 2.03 bits per heavy atom. The van der Waals surface area contributed by atoms with Gasteiger partial charge >= 0.3 is 0 Å².